The van der Waals surface area contributed by atoms with Crippen molar-refractivity contribution in [2.75, 3.05) is 6.54 Å². The zero-order chi connectivity index (χ0) is 22.1. The summed E-state index contributed by atoms with van der Waals surface area (Å²) in [5, 5.41) is 0. The first-order valence-corrected chi connectivity index (χ1v) is 10.7. The van der Waals surface area contributed by atoms with Gasteiger partial charge in [0.1, 0.15) is 0 Å². The van der Waals surface area contributed by atoms with Gasteiger partial charge in [0.05, 0.1) is 6.10 Å². The Kier molecular flexibility index (Phi) is 7.99. The first kappa shape index (κ1) is 22.3. The highest BCUT2D eigenvalue weighted by atomic mass is 16.5. The van der Waals surface area contributed by atoms with Crippen LogP contribution < -0.4 is 0 Å². The molecule has 3 rings (SSSR count). The number of amidine groups is 1. The number of amides is 1. The Morgan fingerprint density at radius 1 is 0.903 bits per heavy atom. The average molecular weight is 415 g/mol. The van der Waals surface area contributed by atoms with E-state index in [-0.39, 0.29) is 12.0 Å². The molecule has 4 nitrogen and oxygen atoms in total. The number of ether oxygens (including phenoxy) is 1. The average Bonchev–Trinajstić information content (AvgIpc) is 2.77. The number of carbonyl (C=O) groups excluding carboxylic acids is 1. The summed E-state index contributed by atoms with van der Waals surface area (Å²) in [6, 6.07) is 28.3. The highest BCUT2D eigenvalue weighted by Gasteiger charge is 2.18. The van der Waals surface area contributed by atoms with Crippen molar-refractivity contribution < 1.29 is 9.53 Å². The van der Waals surface area contributed by atoms with Crippen molar-refractivity contribution in [2.24, 2.45) is 4.99 Å². The molecule has 0 fully saturated rings. The maximum absolute atomic E-state index is 12.9. The molecule has 0 aliphatic rings. The zero-order valence-electron chi connectivity index (χ0n) is 18.5. The summed E-state index contributed by atoms with van der Waals surface area (Å²) >= 11 is 0. The quantitative estimate of drug-likeness (QED) is 0.370. The molecule has 0 saturated heterocycles. The molecule has 0 unspecified atom stereocenters. The minimum Gasteiger partial charge on any atom is -0.462 e. The van der Waals surface area contributed by atoms with E-state index in [1.54, 1.807) is 6.07 Å². The highest BCUT2D eigenvalue weighted by molar-refractivity contribution is 6.01. The SMILES string of the molecule is Cc1cccc(C(=O)N=C(OC(C)C)N(CCc2ccccc2)Cc2ccccc2)c1. The molecule has 1 amide bonds. The number of carbonyl (C=O) groups is 1. The summed E-state index contributed by atoms with van der Waals surface area (Å²) in [7, 11) is 0. The van der Waals surface area contributed by atoms with Crippen LogP contribution in [0.4, 0.5) is 0 Å². The van der Waals surface area contributed by atoms with Gasteiger partial charge in [0.25, 0.3) is 11.9 Å². The molecule has 160 valence electrons. The van der Waals surface area contributed by atoms with E-state index in [0.29, 0.717) is 24.7 Å². The van der Waals surface area contributed by atoms with Gasteiger partial charge in [-0.25, -0.2) is 0 Å². The second-order valence-corrected chi connectivity index (χ2v) is 7.88. The van der Waals surface area contributed by atoms with Crippen molar-refractivity contribution in [1.29, 1.82) is 0 Å². The molecule has 0 aromatic heterocycles. The zero-order valence-corrected chi connectivity index (χ0v) is 18.5. The van der Waals surface area contributed by atoms with E-state index in [1.807, 2.05) is 75.4 Å². The van der Waals surface area contributed by atoms with Crippen molar-refractivity contribution in [1.82, 2.24) is 4.90 Å². The molecule has 0 spiro atoms. The molecular weight excluding hydrogens is 384 g/mol. The molecule has 0 saturated carbocycles. The van der Waals surface area contributed by atoms with E-state index in [9.17, 15) is 4.79 Å². The summed E-state index contributed by atoms with van der Waals surface area (Å²) in [5.74, 6) is -0.294. The lowest BCUT2D eigenvalue weighted by atomic mass is 10.1. The highest BCUT2D eigenvalue weighted by Crippen LogP contribution is 2.12. The molecule has 0 N–H and O–H groups in total. The fourth-order valence-electron chi connectivity index (χ4n) is 3.27. The maximum atomic E-state index is 12.9. The van der Waals surface area contributed by atoms with Crippen LogP contribution in [0.2, 0.25) is 0 Å². The van der Waals surface area contributed by atoms with Gasteiger partial charge in [-0.3, -0.25) is 4.79 Å². The van der Waals surface area contributed by atoms with Gasteiger partial charge in [-0.2, -0.15) is 4.99 Å². The van der Waals surface area contributed by atoms with Crippen LogP contribution >= 0.6 is 0 Å². The van der Waals surface area contributed by atoms with Gasteiger partial charge in [-0.1, -0.05) is 78.4 Å². The van der Waals surface area contributed by atoms with Crippen LogP contribution in [0.1, 0.15) is 40.9 Å². The van der Waals surface area contributed by atoms with E-state index in [0.717, 1.165) is 17.5 Å². The Hall–Kier alpha value is -3.40. The summed E-state index contributed by atoms with van der Waals surface area (Å²) in [6.07, 6.45) is 0.728. The summed E-state index contributed by atoms with van der Waals surface area (Å²) < 4.78 is 6.05. The topological polar surface area (TPSA) is 41.9 Å². The Morgan fingerprint density at radius 2 is 1.55 bits per heavy atom. The van der Waals surface area contributed by atoms with Crippen molar-refractivity contribution in [3.63, 3.8) is 0 Å². The Balaban J connectivity index is 1.90. The molecule has 3 aromatic carbocycles. The number of nitrogens with zero attached hydrogens (tertiary/aromatic N) is 2. The Labute approximate surface area is 185 Å². The first-order valence-electron chi connectivity index (χ1n) is 10.7. The number of rotatable bonds is 7. The predicted molar refractivity (Wildman–Crippen MR) is 126 cm³/mol. The lowest BCUT2D eigenvalue weighted by molar-refractivity contribution is 0.0987. The van der Waals surface area contributed by atoms with Crippen LogP contribution in [0.15, 0.2) is 89.9 Å². The number of hydrogen-bond donors (Lipinski definition) is 0. The van der Waals surface area contributed by atoms with E-state index in [4.69, 9.17) is 4.74 Å². The van der Waals surface area contributed by atoms with E-state index in [1.165, 1.54) is 5.56 Å². The molecule has 0 aliphatic heterocycles. The van der Waals surface area contributed by atoms with Crippen molar-refractivity contribution in [3.05, 3.63) is 107 Å². The second-order valence-electron chi connectivity index (χ2n) is 7.88. The number of aryl methyl sites for hydroxylation is 1. The molecule has 4 heteroatoms. The van der Waals surface area contributed by atoms with Gasteiger partial charge in [-0.05, 0) is 50.5 Å². The molecule has 0 atom stereocenters. The molecule has 3 aromatic rings. The van der Waals surface area contributed by atoms with E-state index < -0.39 is 0 Å². The normalized spacial score (nSPS) is 11.4. The third kappa shape index (κ3) is 7.10. The second kappa shape index (κ2) is 11.1. The fraction of sp³-hybridized carbons (Fsp3) is 0.259. The smallest absolute Gasteiger partial charge is 0.296 e. The van der Waals surface area contributed by atoms with Crippen LogP contribution in [0.5, 0.6) is 0 Å². The molecule has 0 aliphatic carbocycles. The Bertz CT molecular complexity index is 998. The number of hydrogen-bond acceptors (Lipinski definition) is 2. The molecule has 0 heterocycles. The minimum absolute atomic E-state index is 0.0981. The molecule has 0 radical (unpaired) electrons. The van der Waals surface area contributed by atoms with Crippen LogP contribution in [-0.4, -0.2) is 29.5 Å². The molecule has 0 bridgehead atoms. The van der Waals surface area contributed by atoms with Crippen molar-refractivity contribution >= 4 is 11.9 Å². The summed E-state index contributed by atoms with van der Waals surface area (Å²) in [6.45, 7) is 7.16. The van der Waals surface area contributed by atoms with Gasteiger partial charge >= 0.3 is 0 Å². The van der Waals surface area contributed by atoms with Gasteiger partial charge in [0, 0.05) is 18.7 Å². The van der Waals surface area contributed by atoms with Crippen LogP contribution in [0, 0.1) is 6.92 Å². The molecule has 31 heavy (non-hydrogen) atoms. The monoisotopic (exact) mass is 414 g/mol. The van der Waals surface area contributed by atoms with Crippen molar-refractivity contribution in [3.8, 4) is 0 Å². The van der Waals surface area contributed by atoms with Crippen LogP contribution in [0.3, 0.4) is 0 Å². The van der Waals surface area contributed by atoms with Crippen molar-refractivity contribution in [2.45, 2.75) is 39.8 Å². The fourth-order valence-corrected chi connectivity index (χ4v) is 3.27. The van der Waals surface area contributed by atoms with E-state index in [2.05, 4.69) is 34.2 Å². The van der Waals surface area contributed by atoms with Gasteiger partial charge < -0.3 is 9.64 Å². The third-order valence-corrected chi connectivity index (χ3v) is 4.80. The van der Waals surface area contributed by atoms with Gasteiger partial charge in [-0.15, -0.1) is 0 Å². The lowest BCUT2D eigenvalue weighted by Gasteiger charge is -2.27. The predicted octanol–water partition coefficient (Wildman–Crippen LogP) is 5.66. The minimum atomic E-state index is -0.294. The van der Waals surface area contributed by atoms with Crippen LogP contribution in [0.25, 0.3) is 0 Å². The molecular formula is C27H30N2O2. The summed E-state index contributed by atoms with van der Waals surface area (Å²) in [5.41, 5.74) is 3.96. The summed E-state index contributed by atoms with van der Waals surface area (Å²) in [4.78, 5) is 19.4. The first-order chi connectivity index (χ1) is 15.0. The maximum Gasteiger partial charge on any atom is 0.296 e. The van der Waals surface area contributed by atoms with E-state index >= 15 is 0 Å². The lowest BCUT2D eigenvalue weighted by Crippen LogP contribution is -2.36. The Morgan fingerprint density at radius 3 is 2.16 bits per heavy atom. The third-order valence-electron chi connectivity index (χ3n) is 4.80. The largest absolute Gasteiger partial charge is 0.462 e. The van der Waals surface area contributed by atoms with Gasteiger partial charge in [0.15, 0.2) is 0 Å². The number of aliphatic imine (C=N–C) groups is 1. The standard InChI is InChI=1S/C27H30N2O2/c1-21(2)31-27(28-26(30)25-16-10-11-22(3)19-25)29(20-24-14-8-5-9-15-24)18-17-23-12-6-4-7-13-23/h4-16,19,21H,17-18,20H2,1-3H3. The number of benzene rings is 3. The van der Waals surface area contributed by atoms with Gasteiger partial charge in [0.2, 0.25) is 0 Å². The van der Waals surface area contributed by atoms with Crippen LogP contribution in [-0.2, 0) is 17.7 Å².